The predicted octanol–water partition coefficient (Wildman–Crippen LogP) is 10.5. The van der Waals surface area contributed by atoms with E-state index in [1.807, 2.05) is 31.2 Å². The molecule has 0 amide bonds. The Balaban J connectivity index is 0.937. The van der Waals surface area contributed by atoms with E-state index < -0.39 is 15.3 Å². The zero-order valence-electron chi connectivity index (χ0n) is 41.0. The van der Waals surface area contributed by atoms with Crippen LogP contribution in [0.3, 0.4) is 0 Å². The number of pyridine rings is 1. The van der Waals surface area contributed by atoms with Crippen molar-refractivity contribution in [2.24, 2.45) is 56.7 Å². The van der Waals surface area contributed by atoms with Gasteiger partial charge in [0.05, 0.1) is 25.2 Å². The number of aromatic nitrogens is 1. The Morgan fingerprint density at radius 2 is 1.71 bits per heavy atom. The number of nitrogens with one attached hydrogen (secondary N) is 1. The van der Waals surface area contributed by atoms with Crippen LogP contribution in [0.15, 0.2) is 65.9 Å². The number of allylic oxidation sites excluding steroid dienone is 5. The number of rotatable bonds is 12. The zero-order chi connectivity index (χ0) is 46.2. The van der Waals surface area contributed by atoms with Crippen LogP contribution >= 0.6 is 0 Å². The van der Waals surface area contributed by atoms with E-state index >= 15 is 0 Å². The van der Waals surface area contributed by atoms with Crippen molar-refractivity contribution in [1.82, 2.24) is 15.2 Å². The van der Waals surface area contributed by atoms with Crippen molar-refractivity contribution in [1.29, 1.82) is 0 Å². The van der Waals surface area contributed by atoms with Crippen molar-refractivity contribution < 1.29 is 27.4 Å². The summed E-state index contributed by atoms with van der Waals surface area (Å²) in [7, 11) is -1.22. The Morgan fingerprint density at radius 1 is 0.923 bits per heavy atom. The molecule has 1 aromatic heterocycles. The van der Waals surface area contributed by atoms with Crippen molar-refractivity contribution in [2.45, 2.75) is 131 Å². The number of methoxy groups -OCH3 is 1. The molecule has 1 aromatic carbocycles. The number of esters is 1. The minimum Gasteiger partial charge on any atom is -0.497 e. The molecule has 356 valence electrons. The van der Waals surface area contributed by atoms with Crippen molar-refractivity contribution in [3.63, 3.8) is 0 Å². The SMILES string of the molecule is C=C(C)[C@@H]1CC[C@]2(NCCN3CCS(=O)(=O)CC3)CC[C@]3(C)[C@H](CCC4[C@@]5(C)CC=C(C6=CCC(COc7nccc8ccc(OC)cc78)(C(=O)OCC)CC6)C(C)(C)C5CC[C@]43C)C12. The first-order valence-electron chi connectivity index (χ1n) is 25.3. The molecule has 10 atom stereocenters. The lowest BCUT2D eigenvalue weighted by molar-refractivity contribution is -0.221. The molecule has 65 heavy (non-hydrogen) atoms. The molecule has 9 nitrogen and oxygen atoms in total. The second kappa shape index (κ2) is 17.1. The van der Waals surface area contributed by atoms with Gasteiger partial charge in [-0.1, -0.05) is 65.0 Å². The van der Waals surface area contributed by atoms with Crippen LogP contribution in [0.4, 0.5) is 0 Å². The fourth-order valence-corrected chi connectivity index (χ4v) is 17.7. The van der Waals surface area contributed by atoms with Gasteiger partial charge in [0.15, 0.2) is 9.84 Å². The Morgan fingerprint density at radius 3 is 2.42 bits per heavy atom. The summed E-state index contributed by atoms with van der Waals surface area (Å²) >= 11 is 0. The van der Waals surface area contributed by atoms with E-state index in [4.69, 9.17) is 14.2 Å². The molecule has 0 spiro atoms. The average molecular weight is 910 g/mol. The number of carbonyl (C=O) groups is 1. The second-order valence-corrected chi connectivity index (χ2v) is 25.5. The third-order valence-corrected chi connectivity index (χ3v) is 21.7. The van der Waals surface area contributed by atoms with Crippen molar-refractivity contribution in [2.75, 3.05) is 58.0 Å². The molecule has 10 heteroatoms. The largest absolute Gasteiger partial charge is 0.497 e. The molecule has 9 rings (SSSR count). The van der Waals surface area contributed by atoms with Crippen LogP contribution in [0, 0.1) is 56.7 Å². The van der Waals surface area contributed by atoms with E-state index in [0.717, 1.165) is 42.5 Å². The van der Waals surface area contributed by atoms with Gasteiger partial charge in [-0.3, -0.25) is 4.79 Å². The third kappa shape index (κ3) is 7.74. The molecule has 0 bridgehead atoms. The lowest BCUT2D eigenvalue weighted by Crippen LogP contribution is -2.68. The van der Waals surface area contributed by atoms with E-state index in [1.165, 1.54) is 68.1 Å². The maximum Gasteiger partial charge on any atom is 0.315 e. The number of fused-ring (bicyclic) bond motifs is 8. The number of carbonyl (C=O) groups excluding carboxylic acids is 1. The minimum atomic E-state index is -2.88. The number of hydrogen-bond acceptors (Lipinski definition) is 9. The van der Waals surface area contributed by atoms with Crippen LogP contribution in [0.1, 0.15) is 126 Å². The molecule has 1 aliphatic heterocycles. The van der Waals surface area contributed by atoms with Crippen LogP contribution in [0.2, 0.25) is 0 Å². The number of sulfone groups is 1. The molecular weight excluding hydrogens is 831 g/mol. The highest BCUT2D eigenvalue weighted by atomic mass is 32.2. The van der Waals surface area contributed by atoms with Crippen LogP contribution in [-0.2, 0) is 19.4 Å². The average Bonchev–Trinajstić information content (AvgIpc) is 3.66. The molecule has 4 saturated carbocycles. The molecule has 1 saturated heterocycles. The first kappa shape index (κ1) is 46.9. The van der Waals surface area contributed by atoms with Crippen LogP contribution < -0.4 is 14.8 Å². The van der Waals surface area contributed by atoms with E-state index in [1.54, 1.807) is 13.3 Å². The lowest BCUT2D eigenvalue weighted by atomic mass is 9.33. The van der Waals surface area contributed by atoms with Gasteiger partial charge < -0.3 is 24.4 Å². The van der Waals surface area contributed by atoms with Gasteiger partial charge in [-0.05, 0) is 177 Å². The van der Waals surface area contributed by atoms with E-state index in [0.29, 0.717) is 79.5 Å². The molecule has 5 fully saturated rings. The van der Waals surface area contributed by atoms with Gasteiger partial charge in [-0.15, -0.1) is 0 Å². The maximum absolute atomic E-state index is 13.9. The van der Waals surface area contributed by atoms with Crippen molar-refractivity contribution >= 4 is 26.6 Å². The summed E-state index contributed by atoms with van der Waals surface area (Å²) < 4.78 is 42.1. The molecule has 2 heterocycles. The van der Waals surface area contributed by atoms with Crippen LogP contribution in [0.25, 0.3) is 10.8 Å². The van der Waals surface area contributed by atoms with Crippen molar-refractivity contribution in [3.8, 4) is 11.6 Å². The Hall–Kier alpha value is -3.21. The highest BCUT2D eigenvalue weighted by Crippen LogP contribution is 2.76. The Labute approximate surface area is 390 Å². The zero-order valence-corrected chi connectivity index (χ0v) is 41.8. The standard InChI is InChI=1S/C55H79N3O6S/c1-10-63-49(59)54(36-64-48-42-35-40(62-9)12-11-38(42)20-28-56-48)23-15-39(16-24-54)43-18-21-51(6)45(50(43,4)5)19-22-53(8)46(51)14-13-44-47-41(37(2)3)17-25-55(47,27-26-52(44,53)7)57-29-30-58-31-33-65(60,61)34-32-58/h11-12,15,18,20,28,35,41,44-47,57H,2,10,13-14,16-17,19,21-27,29-34,36H2,1,3-9H3/t41-,44+,45?,46?,47?,51-,52+,53+,54?,55-/m0/s1. The first-order valence-corrected chi connectivity index (χ1v) is 27.1. The molecule has 0 radical (unpaired) electrons. The van der Waals surface area contributed by atoms with E-state index in [9.17, 15) is 13.2 Å². The highest BCUT2D eigenvalue weighted by Gasteiger charge is 2.70. The number of benzene rings is 1. The van der Waals surface area contributed by atoms with Gasteiger partial charge in [-0.2, -0.15) is 0 Å². The summed E-state index contributed by atoms with van der Waals surface area (Å²) in [6.07, 6.45) is 20.0. The smallest absolute Gasteiger partial charge is 0.315 e. The fourth-order valence-electron chi connectivity index (χ4n) is 16.4. The summed E-state index contributed by atoms with van der Waals surface area (Å²) in [4.78, 5) is 20.8. The fraction of sp³-hybridized carbons (Fsp3) is 0.709. The summed E-state index contributed by atoms with van der Waals surface area (Å²) in [5.41, 5.74) is 4.34. The lowest BCUT2D eigenvalue weighted by Gasteiger charge is -2.72. The monoisotopic (exact) mass is 910 g/mol. The predicted molar refractivity (Wildman–Crippen MR) is 261 cm³/mol. The molecule has 4 unspecified atom stereocenters. The molecule has 7 aliphatic rings. The number of nitrogens with zero attached hydrogens (tertiary/aromatic N) is 2. The van der Waals surface area contributed by atoms with Gasteiger partial charge >= 0.3 is 5.97 Å². The van der Waals surface area contributed by atoms with Gasteiger partial charge in [0.2, 0.25) is 5.88 Å². The van der Waals surface area contributed by atoms with Gasteiger partial charge in [0, 0.05) is 43.3 Å². The van der Waals surface area contributed by atoms with Crippen LogP contribution in [-0.4, -0.2) is 87.8 Å². The summed E-state index contributed by atoms with van der Waals surface area (Å²) in [5.74, 6) is 4.69. The molecule has 1 N–H and O–H groups in total. The minimum absolute atomic E-state index is 0.00492. The van der Waals surface area contributed by atoms with E-state index in [-0.39, 0.29) is 39.8 Å². The highest BCUT2D eigenvalue weighted by molar-refractivity contribution is 7.91. The molecule has 6 aliphatic carbocycles. The summed E-state index contributed by atoms with van der Waals surface area (Å²) in [6, 6.07) is 7.86. The van der Waals surface area contributed by atoms with Gasteiger partial charge in [-0.25, -0.2) is 13.4 Å². The van der Waals surface area contributed by atoms with E-state index in [2.05, 4.69) is 75.5 Å². The van der Waals surface area contributed by atoms with Gasteiger partial charge in [0.25, 0.3) is 0 Å². The Kier molecular flexibility index (Phi) is 12.3. The van der Waals surface area contributed by atoms with Crippen molar-refractivity contribution in [3.05, 3.63) is 65.9 Å². The number of hydrogen-bond donors (Lipinski definition) is 1. The number of ether oxygens (including phenoxy) is 3. The molecule has 2 aromatic rings. The quantitative estimate of drug-likeness (QED) is 0.165. The van der Waals surface area contributed by atoms with Gasteiger partial charge in [0.1, 0.15) is 17.8 Å². The first-order chi connectivity index (χ1) is 30.9. The maximum atomic E-state index is 13.9. The summed E-state index contributed by atoms with van der Waals surface area (Å²) in [5, 5.41) is 6.12. The third-order valence-electron chi connectivity index (χ3n) is 20.1. The summed E-state index contributed by atoms with van der Waals surface area (Å²) in [6.45, 7) is 25.7. The molecular formula is C55H79N3O6S. The van der Waals surface area contributed by atoms with Crippen LogP contribution in [0.5, 0.6) is 11.6 Å². The normalized spacial score (nSPS) is 38.6. The Bertz CT molecular complexity index is 2340. The second-order valence-electron chi connectivity index (χ2n) is 23.2. The topological polar surface area (TPSA) is 107 Å².